The first-order valence-corrected chi connectivity index (χ1v) is 7.12. The number of nitrogens with one attached hydrogen (secondary N) is 1. The van der Waals surface area contributed by atoms with Gasteiger partial charge in [0.05, 0.1) is 0 Å². The Bertz CT molecular complexity index is 711. The van der Waals surface area contributed by atoms with Crippen LogP contribution in [0.2, 0.25) is 0 Å². The van der Waals surface area contributed by atoms with Crippen LogP contribution in [0.25, 0.3) is 10.8 Å². The van der Waals surface area contributed by atoms with Gasteiger partial charge in [-0.1, -0.05) is 52.8 Å². The van der Waals surface area contributed by atoms with Gasteiger partial charge in [-0.15, -0.1) is 0 Å². The lowest BCUT2D eigenvalue weighted by Gasteiger charge is -2.14. The summed E-state index contributed by atoms with van der Waals surface area (Å²) in [5, 5.41) is 13.6. The largest absolute Gasteiger partial charge is 0.480 e. The molecule has 0 unspecified atom stereocenters. The summed E-state index contributed by atoms with van der Waals surface area (Å²) in [5.41, 5.74) is 0.431. The second-order valence-electron chi connectivity index (χ2n) is 4.65. The second-order valence-corrected chi connectivity index (χ2v) is 5.77. The quantitative estimate of drug-likeness (QED) is 0.871. The number of hydrogen-bond acceptors (Lipinski definition) is 2. The molecule has 2 N–H and O–H groups in total. The standard InChI is InChI=1S/C16H14BrNO3/c1-10(17)8-14(16(20)21)18-15(19)13-7-6-11-4-2-3-5-12(11)9-13/h2-7,9,14H,1,8H2,(H,18,19)(H,20,21)/t14-/m1/s1. The van der Waals surface area contributed by atoms with Crippen LogP contribution < -0.4 is 5.32 Å². The average molecular weight is 348 g/mol. The summed E-state index contributed by atoms with van der Waals surface area (Å²) in [7, 11) is 0. The van der Waals surface area contributed by atoms with Gasteiger partial charge in [0.2, 0.25) is 0 Å². The van der Waals surface area contributed by atoms with Crippen molar-refractivity contribution in [2.75, 3.05) is 0 Å². The molecular formula is C16H14BrNO3. The summed E-state index contributed by atoms with van der Waals surface area (Å²) in [4.78, 5) is 23.3. The number of carbonyl (C=O) groups excluding carboxylic acids is 1. The van der Waals surface area contributed by atoms with E-state index in [0.29, 0.717) is 10.0 Å². The third-order valence-electron chi connectivity index (χ3n) is 3.04. The van der Waals surface area contributed by atoms with Crippen LogP contribution in [0.15, 0.2) is 53.5 Å². The Balaban J connectivity index is 2.20. The fourth-order valence-electron chi connectivity index (χ4n) is 1.99. The first-order valence-electron chi connectivity index (χ1n) is 6.33. The van der Waals surface area contributed by atoms with E-state index in [2.05, 4.69) is 27.8 Å². The molecule has 0 aliphatic carbocycles. The molecule has 5 heteroatoms. The lowest BCUT2D eigenvalue weighted by Crippen LogP contribution is -2.40. The molecule has 0 aliphatic rings. The van der Waals surface area contributed by atoms with Gasteiger partial charge in [0.25, 0.3) is 5.91 Å². The normalized spacial score (nSPS) is 11.9. The van der Waals surface area contributed by atoms with Crippen LogP contribution in [-0.4, -0.2) is 23.0 Å². The van der Waals surface area contributed by atoms with Crippen LogP contribution in [0, 0.1) is 0 Å². The van der Waals surface area contributed by atoms with Crippen molar-refractivity contribution in [1.29, 1.82) is 0 Å². The van der Waals surface area contributed by atoms with Gasteiger partial charge in [0, 0.05) is 12.0 Å². The predicted octanol–water partition coefficient (Wildman–Crippen LogP) is 3.32. The Hall–Kier alpha value is -2.14. The van der Waals surface area contributed by atoms with Crippen molar-refractivity contribution in [2.45, 2.75) is 12.5 Å². The molecule has 108 valence electrons. The maximum Gasteiger partial charge on any atom is 0.326 e. The Morgan fingerprint density at radius 1 is 1.19 bits per heavy atom. The van der Waals surface area contributed by atoms with Crippen LogP contribution in [0.3, 0.4) is 0 Å². The van der Waals surface area contributed by atoms with Crippen molar-refractivity contribution in [3.05, 3.63) is 59.1 Å². The number of aliphatic carboxylic acids is 1. The van der Waals surface area contributed by atoms with E-state index >= 15 is 0 Å². The number of carboxylic acids is 1. The SMILES string of the molecule is C=C(Br)C[C@@H](NC(=O)c1ccc2ccccc2c1)C(=O)O. The number of amides is 1. The third kappa shape index (κ3) is 3.92. The van der Waals surface area contributed by atoms with Crippen LogP contribution in [-0.2, 0) is 4.79 Å². The van der Waals surface area contributed by atoms with Gasteiger partial charge < -0.3 is 10.4 Å². The minimum atomic E-state index is -1.09. The van der Waals surface area contributed by atoms with E-state index in [1.165, 1.54) is 0 Å². The Morgan fingerprint density at radius 3 is 2.48 bits per heavy atom. The highest BCUT2D eigenvalue weighted by Gasteiger charge is 2.21. The Kier molecular flexibility index (Phi) is 4.75. The highest BCUT2D eigenvalue weighted by Crippen LogP contribution is 2.16. The Labute approximate surface area is 130 Å². The molecule has 0 saturated heterocycles. The summed E-state index contributed by atoms with van der Waals surface area (Å²) < 4.78 is 0.522. The van der Waals surface area contributed by atoms with Crippen molar-refractivity contribution < 1.29 is 14.7 Å². The number of rotatable bonds is 5. The fraction of sp³-hybridized carbons (Fsp3) is 0.125. The van der Waals surface area contributed by atoms with Gasteiger partial charge in [-0.25, -0.2) is 4.79 Å². The second kappa shape index (κ2) is 6.54. The van der Waals surface area contributed by atoms with Crippen molar-refractivity contribution >= 4 is 38.6 Å². The van der Waals surface area contributed by atoms with Crippen molar-refractivity contribution in [3.8, 4) is 0 Å². The minimum Gasteiger partial charge on any atom is -0.480 e. The van der Waals surface area contributed by atoms with Gasteiger partial charge in [-0.05, 0) is 27.4 Å². The van der Waals surface area contributed by atoms with Crippen molar-refractivity contribution in [1.82, 2.24) is 5.32 Å². The molecule has 1 amide bonds. The molecule has 4 nitrogen and oxygen atoms in total. The van der Waals surface area contributed by atoms with Crippen LogP contribution in [0.4, 0.5) is 0 Å². The van der Waals surface area contributed by atoms with E-state index in [-0.39, 0.29) is 6.42 Å². The van der Waals surface area contributed by atoms with E-state index < -0.39 is 17.9 Å². The highest BCUT2D eigenvalue weighted by molar-refractivity contribution is 9.11. The molecule has 2 aromatic carbocycles. The lowest BCUT2D eigenvalue weighted by atomic mass is 10.1. The zero-order valence-electron chi connectivity index (χ0n) is 11.2. The van der Waals surface area contributed by atoms with Crippen molar-refractivity contribution in [3.63, 3.8) is 0 Å². The summed E-state index contributed by atoms with van der Waals surface area (Å²) in [5.74, 6) is -1.51. The molecule has 0 fully saturated rings. The molecule has 1 atom stereocenters. The van der Waals surface area contributed by atoms with E-state index in [1.54, 1.807) is 12.1 Å². The van der Waals surface area contributed by atoms with E-state index in [0.717, 1.165) is 10.8 Å². The van der Waals surface area contributed by atoms with Gasteiger partial charge in [0.15, 0.2) is 0 Å². The molecule has 2 rings (SSSR count). The molecule has 0 radical (unpaired) electrons. The smallest absolute Gasteiger partial charge is 0.326 e. The van der Waals surface area contributed by atoms with Gasteiger partial charge in [-0.3, -0.25) is 4.79 Å². The molecule has 0 aliphatic heterocycles. The predicted molar refractivity (Wildman–Crippen MR) is 85.5 cm³/mol. The maximum absolute atomic E-state index is 12.2. The number of fused-ring (bicyclic) bond motifs is 1. The number of halogens is 1. The number of hydrogen-bond donors (Lipinski definition) is 2. The highest BCUT2D eigenvalue weighted by atomic mass is 79.9. The molecule has 21 heavy (non-hydrogen) atoms. The van der Waals surface area contributed by atoms with Crippen LogP contribution in [0.1, 0.15) is 16.8 Å². The van der Waals surface area contributed by atoms with Crippen LogP contribution in [0.5, 0.6) is 0 Å². The maximum atomic E-state index is 12.2. The van der Waals surface area contributed by atoms with Gasteiger partial charge >= 0.3 is 5.97 Å². The van der Waals surface area contributed by atoms with Crippen LogP contribution >= 0.6 is 15.9 Å². The Morgan fingerprint density at radius 2 is 1.86 bits per heavy atom. The summed E-state index contributed by atoms with van der Waals surface area (Å²) in [6.07, 6.45) is 0.134. The summed E-state index contributed by atoms with van der Waals surface area (Å²) in [6, 6.07) is 11.9. The fourth-order valence-corrected chi connectivity index (χ4v) is 2.32. The molecule has 0 aromatic heterocycles. The molecule has 0 heterocycles. The van der Waals surface area contributed by atoms with Crippen molar-refractivity contribution in [2.24, 2.45) is 0 Å². The molecule has 0 spiro atoms. The minimum absolute atomic E-state index is 0.134. The first kappa shape index (κ1) is 15.3. The zero-order chi connectivity index (χ0) is 15.4. The third-order valence-corrected chi connectivity index (χ3v) is 3.36. The number of benzene rings is 2. The molecule has 2 aromatic rings. The van der Waals surface area contributed by atoms with E-state index in [9.17, 15) is 9.59 Å². The summed E-state index contributed by atoms with van der Waals surface area (Å²) in [6.45, 7) is 3.60. The van der Waals surface area contributed by atoms with Gasteiger partial charge in [0.1, 0.15) is 6.04 Å². The molecular weight excluding hydrogens is 334 g/mol. The number of carboxylic acid groups (broad SMARTS) is 1. The summed E-state index contributed by atoms with van der Waals surface area (Å²) >= 11 is 3.11. The van der Waals surface area contributed by atoms with Gasteiger partial charge in [-0.2, -0.15) is 0 Å². The lowest BCUT2D eigenvalue weighted by molar-refractivity contribution is -0.139. The zero-order valence-corrected chi connectivity index (χ0v) is 12.8. The topological polar surface area (TPSA) is 66.4 Å². The first-order chi connectivity index (χ1) is 9.97. The average Bonchev–Trinajstić information content (AvgIpc) is 2.45. The van der Waals surface area contributed by atoms with E-state index in [4.69, 9.17) is 5.11 Å². The molecule has 0 saturated carbocycles. The number of carbonyl (C=O) groups is 2. The monoisotopic (exact) mass is 347 g/mol. The van der Waals surface area contributed by atoms with E-state index in [1.807, 2.05) is 30.3 Å². The molecule has 0 bridgehead atoms.